The zero-order valence-corrected chi connectivity index (χ0v) is 16.2. The molecule has 0 aliphatic heterocycles. The van der Waals surface area contributed by atoms with Crippen LogP contribution < -0.4 is 5.32 Å². The minimum atomic E-state index is -0.182. The highest BCUT2D eigenvalue weighted by atomic mass is 19.1. The maximum absolute atomic E-state index is 13.0. The summed E-state index contributed by atoms with van der Waals surface area (Å²) in [7, 11) is 0. The predicted octanol–water partition coefficient (Wildman–Crippen LogP) is 5.47. The molecule has 2 nitrogen and oxygen atoms in total. The Kier molecular flexibility index (Phi) is 5.54. The highest BCUT2D eigenvalue weighted by molar-refractivity contribution is 5.84. The Morgan fingerprint density at radius 3 is 2.54 bits per heavy atom. The molecule has 28 heavy (non-hydrogen) atoms. The van der Waals surface area contributed by atoms with Gasteiger partial charge in [-0.15, -0.1) is 0 Å². The summed E-state index contributed by atoms with van der Waals surface area (Å²) in [5.74, 6) is -0.182. The normalized spacial score (nSPS) is 11.2. The third-order valence-corrected chi connectivity index (χ3v) is 5.13. The molecule has 3 aromatic carbocycles. The van der Waals surface area contributed by atoms with Crippen LogP contribution in [0.15, 0.2) is 79.0 Å². The second kappa shape index (κ2) is 8.41. The predicted molar refractivity (Wildman–Crippen MR) is 114 cm³/mol. The van der Waals surface area contributed by atoms with Crippen molar-refractivity contribution in [1.82, 2.24) is 9.88 Å². The van der Waals surface area contributed by atoms with E-state index in [0.29, 0.717) is 0 Å². The van der Waals surface area contributed by atoms with Gasteiger partial charge in [0, 0.05) is 30.2 Å². The van der Waals surface area contributed by atoms with Crippen LogP contribution in [-0.2, 0) is 19.5 Å². The topological polar surface area (TPSA) is 17.0 Å². The smallest absolute Gasteiger partial charge is 0.123 e. The van der Waals surface area contributed by atoms with Crippen molar-refractivity contribution in [2.45, 2.75) is 26.4 Å². The quantitative estimate of drug-likeness (QED) is 0.426. The first-order valence-electron chi connectivity index (χ1n) is 9.76. The third-order valence-electron chi connectivity index (χ3n) is 5.13. The van der Waals surface area contributed by atoms with E-state index in [9.17, 15) is 4.39 Å². The standard InChI is InChI=1S/C25H25FN2/c1-19-5-4-6-21(15-19)17-28-18-22(24-7-2-3-8-25(24)28)16-27-14-13-20-9-11-23(26)12-10-20/h2-12,15,18,27H,13-14,16-17H2,1H3. The van der Waals surface area contributed by atoms with Gasteiger partial charge in [-0.2, -0.15) is 0 Å². The second-order valence-corrected chi connectivity index (χ2v) is 7.34. The van der Waals surface area contributed by atoms with Gasteiger partial charge in [0.05, 0.1) is 0 Å². The van der Waals surface area contributed by atoms with E-state index in [1.165, 1.54) is 39.7 Å². The Balaban J connectivity index is 1.45. The molecule has 1 aromatic heterocycles. The van der Waals surface area contributed by atoms with Crippen LogP contribution in [0.4, 0.5) is 4.39 Å². The average molecular weight is 372 g/mol. The number of halogens is 1. The monoisotopic (exact) mass is 372 g/mol. The molecule has 4 rings (SSSR count). The lowest BCUT2D eigenvalue weighted by molar-refractivity contribution is 0.626. The van der Waals surface area contributed by atoms with E-state index in [-0.39, 0.29) is 5.82 Å². The van der Waals surface area contributed by atoms with Gasteiger partial charge in [-0.3, -0.25) is 0 Å². The van der Waals surface area contributed by atoms with Crippen molar-refractivity contribution >= 4 is 10.9 Å². The van der Waals surface area contributed by atoms with Crippen molar-refractivity contribution in [1.29, 1.82) is 0 Å². The number of para-hydroxylation sites is 1. The largest absolute Gasteiger partial charge is 0.343 e. The Morgan fingerprint density at radius 1 is 0.893 bits per heavy atom. The van der Waals surface area contributed by atoms with Gasteiger partial charge < -0.3 is 9.88 Å². The molecule has 0 fully saturated rings. The molecular weight excluding hydrogens is 347 g/mol. The molecule has 142 valence electrons. The molecule has 0 spiro atoms. The van der Waals surface area contributed by atoms with E-state index in [1.54, 1.807) is 0 Å². The van der Waals surface area contributed by atoms with Crippen LogP contribution in [0.1, 0.15) is 22.3 Å². The first-order valence-corrected chi connectivity index (χ1v) is 9.76. The van der Waals surface area contributed by atoms with Crippen LogP contribution in [-0.4, -0.2) is 11.1 Å². The van der Waals surface area contributed by atoms with Crippen molar-refractivity contribution in [2.75, 3.05) is 6.54 Å². The molecule has 0 radical (unpaired) electrons. The van der Waals surface area contributed by atoms with Gasteiger partial charge >= 0.3 is 0 Å². The van der Waals surface area contributed by atoms with Gasteiger partial charge in [0.25, 0.3) is 0 Å². The lowest BCUT2D eigenvalue weighted by Crippen LogP contribution is -2.16. The van der Waals surface area contributed by atoms with Crippen LogP contribution in [0.3, 0.4) is 0 Å². The lowest BCUT2D eigenvalue weighted by atomic mass is 10.1. The van der Waals surface area contributed by atoms with Crippen LogP contribution in [0.25, 0.3) is 10.9 Å². The van der Waals surface area contributed by atoms with Crippen molar-refractivity contribution in [2.24, 2.45) is 0 Å². The fourth-order valence-electron chi connectivity index (χ4n) is 3.71. The number of aryl methyl sites for hydroxylation is 1. The number of hydrogen-bond acceptors (Lipinski definition) is 1. The minimum absolute atomic E-state index is 0.182. The maximum Gasteiger partial charge on any atom is 0.123 e. The van der Waals surface area contributed by atoms with Crippen LogP contribution >= 0.6 is 0 Å². The average Bonchev–Trinajstić information content (AvgIpc) is 3.04. The van der Waals surface area contributed by atoms with Gasteiger partial charge in [0.15, 0.2) is 0 Å². The molecular formula is C25H25FN2. The first-order chi connectivity index (χ1) is 13.7. The maximum atomic E-state index is 13.0. The summed E-state index contributed by atoms with van der Waals surface area (Å²) in [6, 6.07) is 24.0. The SMILES string of the molecule is Cc1cccc(Cn2cc(CNCCc3ccc(F)cc3)c3ccccc32)c1. The molecule has 4 aromatic rings. The molecule has 1 N–H and O–H groups in total. The van der Waals surface area contributed by atoms with Gasteiger partial charge in [-0.1, -0.05) is 60.2 Å². The van der Waals surface area contributed by atoms with E-state index in [4.69, 9.17) is 0 Å². The second-order valence-electron chi connectivity index (χ2n) is 7.34. The molecule has 1 heterocycles. The van der Waals surface area contributed by atoms with Gasteiger partial charge in [0.1, 0.15) is 5.82 Å². The summed E-state index contributed by atoms with van der Waals surface area (Å²) in [6.07, 6.45) is 3.15. The van der Waals surface area contributed by atoms with Crippen molar-refractivity contribution in [3.8, 4) is 0 Å². The molecule has 0 aliphatic carbocycles. The number of benzene rings is 3. The summed E-state index contributed by atoms with van der Waals surface area (Å²) < 4.78 is 15.3. The molecule has 0 atom stereocenters. The summed E-state index contributed by atoms with van der Waals surface area (Å²) in [4.78, 5) is 0. The summed E-state index contributed by atoms with van der Waals surface area (Å²) in [6.45, 7) is 4.69. The Labute approximate surface area is 165 Å². The van der Waals surface area contributed by atoms with E-state index in [2.05, 4.69) is 71.5 Å². The van der Waals surface area contributed by atoms with Gasteiger partial charge in [0.2, 0.25) is 0 Å². The number of rotatable bonds is 7. The van der Waals surface area contributed by atoms with Crippen molar-refractivity contribution < 1.29 is 4.39 Å². The van der Waals surface area contributed by atoms with Gasteiger partial charge in [-0.05, 0) is 54.8 Å². The number of hydrogen-bond donors (Lipinski definition) is 1. The fraction of sp³-hybridized carbons (Fsp3) is 0.200. The molecule has 3 heteroatoms. The van der Waals surface area contributed by atoms with E-state index >= 15 is 0 Å². The summed E-state index contributed by atoms with van der Waals surface area (Å²) in [5.41, 5.74) is 6.32. The fourth-order valence-corrected chi connectivity index (χ4v) is 3.71. The zero-order valence-electron chi connectivity index (χ0n) is 16.2. The molecule has 0 aliphatic rings. The zero-order chi connectivity index (χ0) is 19.3. The Hall–Kier alpha value is -2.91. The first kappa shape index (κ1) is 18.5. The van der Waals surface area contributed by atoms with Crippen molar-refractivity contribution in [3.63, 3.8) is 0 Å². The van der Waals surface area contributed by atoms with Crippen LogP contribution in [0, 0.1) is 12.7 Å². The molecule has 0 amide bonds. The third kappa shape index (κ3) is 4.32. The Morgan fingerprint density at radius 2 is 1.71 bits per heavy atom. The van der Waals surface area contributed by atoms with Gasteiger partial charge in [-0.25, -0.2) is 4.39 Å². The highest BCUT2D eigenvalue weighted by Gasteiger charge is 2.08. The number of fused-ring (bicyclic) bond motifs is 1. The van der Waals surface area contributed by atoms with Crippen LogP contribution in [0.5, 0.6) is 0 Å². The van der Waals surface area contributed by atoms with E-state index in [1.807, 2.05) is 12.1 Å². The summed E-state index contributed by atoms with van der Waals surface area (Å²) >= 11 is 0. The lowest BCUT2D eigenvalue weighted by Gasteiger charge is -2.06. The molecule has 0 unspecified atom stereocenters. The Bertz CT molecular complexity index is 1060. The number of nitrogens with zero attached hydrogens (tertiary/aromatic N) is 1. The van der Waals surface area contributed by atoms with E-state index < -0.39 is 0 Å². The van der Waals surface area contributed by atoms with E-state index in [0.717, 1.165) is 31.6 Å². The molecule has 0 bridgehead atoms. The molecule has 0 saturated carbocycles. The number of aromatic nitrogens is 1. The van der Waals surface area contributed by atoms with Crippen LogP contribution in [0.2, 0.25) is 0 Å². The summed E-state index contributed by atoms with van der Waals surface area (Å²) in [5, 5.41) is 4.83. The minimum Gasteiger partial charge on any atom is -0.343 e. The molecule has 0 saturated heterocycles. The number of nitrogens with one attached hydrogen (secondary N) is 1. The highest BCUT2D eigenvalue weighted by Crippen LogP contribution is 2.22. The van der Waals surface area contributed by atoms with Crippen molar-refractivity contribution in [3.05, 3.63) is 107 Å².